The Bertz CT molecular complexity index is 1910. The molecule has 0 amide bonds. The van der Waals surface area contributed by atoms with Crippen LogP contribution in [0, 0.1) is 0 Å². The fourth-order valence-electron chi connectivity index (χ4n) is 5.99. The molecule has 0 radical (unpaired) electrons. The summed E-state index contributed by atoms with van der Waals surface area (Å²) in [6.07, 6.45) is 0. The van der Waals surface area contributed by atoms with Gasteiger partial charge in [-0.1, -0.05) is 131 Å². The van der Waals surface area contributed by atoms with Gasteiger partial charge in [0.15, 0.2) is 0 Å². The molecule has 0 saturated heterocycles. The van der Waals surface area contributed by atoms with Gasteiger partial charge in [-0.25, -0.2) is 9.78 Å². The van der Waals surface area contributed by atoms with Crippen molar-refractivity contribution < 1.29 is 9.90 Å². The van der Waals surface area contributed by atoms with Crippen LogP contribution in [0.15, 0.2) is 109 Å². The second-order valence-electron chi connectivity index (χ2n) is 11.7. The molecule has 6 aromatic rings. The highest BCUT2D eigenvalue weighted by molar-refractivity contribution is 5.96. The number of benzene rings is 4. The highest BCUT2D eigenvalue weighted by Crippen LogP contribution is 2.36. The van der Waals surface area contributed by atoms with Crippen molar-refractivity contribution in [2.45, 2.75) is 52.0 Å². The van der Waals surface area contributed by atoms with Gasteiger partial charge in [-0.05, 0) is 33.9 Å². The number of carboxylic acid groups (broad SMARTS) is 1. The van der Waals surface area contributed by atoms with E-state index in [1.165, 1.54) is 11.1 Å². The van der Waals surface area contributed by atoms with Gasteiger partial charge in [-0.3, -0.25) is 0 Å². The van der Waals surface area contributed by atoms with Crippen molar-refractivity contribution in [3.05, 3.63) is 149 Å². The minimum Gasteiger partial charge on any atom is -0.478 e. The van der Waals surface area contributed by atoms with E-state index in [9.17, 15) is 9.90 Å². The van der Waals surface area contributed by atoms with Gasteiger partial charge in [0, 0.05) is 24.3 Å². The molecule has 2 unspecified atom stereocenters. The number of fused-ring (bicyclic) bond motifs is 1. The number of carbonyl (C=O) groups is 1. The summed E-state index contributed by atoms with van der Waals surface area (Å²) in [7, 11) is 0. The number of hydrogen-bond acceptors (Lipinski definition) is 4. The summed E-state index contributed by atoms with van der Waals surface area (Å²) in [4.78, 5) is 17.1. The van der Waals surface area contributed by atoms with Crippen LogP contribution < -0.4 is 0 Å². The number of carboxylic acids is 1. The van der Waals surface area contributed by atoms with Crippen molar-refractivity contribution in [1.29, 1.82) is 0 Å². The molecule has 4 aromatic carbocycles. The molecule has 44 heavy (non-hydrogen) atoms. The average molecular weight is 581 g/mol. The lowest BCUT2D eigenvalue weighted by Gasteiger charge is -2.18. The number of nitrogens with zero attached hydrogens (tertiary/aromatic N) is 4. The largest absolute Gasteiger partial charge is 0.478 e. The lowest BCUT2D eigenvalue weighted by atomic mass is 9.93. The van der Waals surface area contributed by atoms with Gasteiger partial charge in [-0.15, -0.1) is 0 Å². The van der Waals surface area contributed by atoms with Gasteiger partial charge in [0.1, 0.15) is 11.3 Å². The summed E-state index contributed by atoms with van der Waals surface area (Å²) in [5, 5.41) is 19.5. The first-order chi connectivity index (χ1) is 21.3. The first-order valence-corrected chi connectivity index (χ1v) is 15.1. The fraction of sp³-hybridized carbons (Fsp3) is 0.211. The van der Waals surface area contributed by atoms with Crippen molar-refractivity contribution in [1.82, 2.24) is 19.7 Å². The number of imidazole rings is 1. The normalized spacial score (nSPS) is 12.8. The Balaban J connectivity index is 1.50. The highest BCUT2D eigenvalue weighted by Gasteiger charge is 2.27. The zero-order valence-electron chi connectivity index (χ0n) is 25.5. The Morgan fingerprint density at radius 1 is 0.705 bits per heavy atom. The average Bonchev–Trinajstić information content (AvgIpc) is 3.44. The fourth-order valence-corrected chi connectivity index (χ4v) is 5.99. The molecule has 0 fully saturated rings. The van der Waals surface area contributed by atoms with Crippen LogP contribution in [-0.4, -0.2) is 30.8 Å². The molecule has 1 N–H and O–H groups in total. The van der Waals surface area contributed by atoms with Gasteiger partial charge in [0.25, 0.3) is 0 Å². The number of rotatable bonds is 9. The number of aromatic carboxylic acids is 1. The van der Waals surface area contributed by atoms with E-state index < -0.39 is 5.97 Å². The van der Waals surface area contributed by atoms with E-state index in [1.54, 1.807) is 12.1 Å². The standard InChI is InChI=1S/C38H36N4O2/c1-24(2)37-39-35-33(25(3)28-13-7-5-8-14-28)40-41-34(26(4)29-15-9-6-10-16-29)36(35)42(37)23-27-19-21-30(22-20-27)31-17-11-12-18-32(31)38(43)44/h5-22,24-26H,23H2,1-4H3,(H,43,44). The van der Waals surface area contributed by atoms with Crippen LogP contribution in [0.2, 0.25) is 0 Å². The highest BCUT2D eigenvalue weighted by atomic mass is 16.4. The van der Waals surface area contributed by atoms with E-state index in [0.29, 0.717) is 17.7 Å². The Kier molecular flexibility index (Phi) is 8.07. The van der Waals surface area contributed by atoms with Crippen molar-refractivity contribution in [2.24, 2.45) is 0 Å². The van der Waals surface area contributed by atoms with Crippen LogP contribution in [0.4, 0.5) is 0 Å². The summed E-state index contributed by atoms with van der Waals surface area (Å²) < 4.78 is 2.31. The van der Waals surface area contributed by atoms with Crippen LogP contribution in [0.1, 0.15) is 89.7 Å². The van der Waals surface area contributed by atoms with E-state index >= 15 is 0 Å². The first kappa shape index (κ1) is 29.0. The molecule has 0 bridgehead atoms. The molecular weight excluding hydrogens is 544 g/mol. The molecule has 2 atom stereocenters. The maximum Gasteiger partial charge on any atom is 0.336 e. The van der Waals surface area contributed by atoms with Crippen molar-refractivity contribution >= 4 is 17.0 Å². The molecule has 2 heterocycles. The van der Waals surface area contributed by atoms with E-state index in [-0.39, 0.29) is 17.8 Å². The van der Waals surface area contributed by atoms with Crippen LogP contribution in [0.3, 0.4) is 0 Å². The van der Waals surface area contributed by atoms with Gasteiger partial charge in [0.2, 0.25) is 0 Å². The summed E-state index contributed by atoms with van der Waals surface area (Å²) >= 11 is 0. The molecule has 0 aliphatic heterocycles. The van der Waals surface area contributed by atoms with Crippen molar-refractivity contribution in [3.63, 3.8) is 0 Å². The molecule has 0 saturated carbocycles. The number of aromatic nitrogens is 4. The summed E-state index contributed by atoms with van der Waals surface area (Å²) in [6.45, 7) is 9.29. The molecule has 6 rings (SSSR count). The second kappa shape index (κ2) is 12.3. The van der Waals surface area contributed by atoms with Gasteiger partial charge < -0.3 is 9.67 Å². The topological polar surface area (TPSA) is 80.9 Å². The van der Waals surface area contributed by atoms with E-state index in [2.05, 4.69) is 92.9 Å². The van der Waals surface area contributed by atoms with E-state index in [0.717, 1.165) is 39.4 Å². The van der Waals surface area contributed by atoms with E-state index in [4.69, 9.17) is 15.2 Å². The minimum atomic E-state index is -0.933. The van der Waals surface area contributed by atoms with Crippen molar-refractivity contribution in [2.75, 3.05) is 0 Å². The Morgan fingerprint density at radius 3 is 1.84 bits per heavy atom. The first-order valence-electron chi connectivity index (χ1n) is 15.1. The van der Waals surface area contributed by atoms with Gasteiger partial charge >= 0.3 is 5.97 Å². The summed E-state index contributed by atoms with van der Waals surface area (Å²) in [6, 6.07) is 36.1. The van der Waals surface area contributed by atoms with Crippen LogP contribution in [-0.2, 0) is 6.54 Å². The lowest BCUT2D eigenvalue weighted by molar-refractivity contribution is 0.0697. The predicted molar refractivity (Wildman–Crippen MR) is 175 cm³/mol. The molecule has 0 aliphatic rings. The SMILES string of the molecule is CC(C)c1nc2c(C(C)c3ccccc3)nnc(C(C)c3ccccc3)c2n1Cc1ccc(-c2ccccc2C(=O)O)cc1. The summed E-state index contributed by atoms with van der Waals surface area (Å²) in [5.74, 6) is 0.252. The predicted octanol–water partition coefficient (Wildman–Crippen LogP) is 8.67. The molecule has 0 spiro atoms. The summed E-state index contributed by atoms with van der Waals surface area (Å²) in [5.41, 5.74) is 8.99. The Labute approximate surface area is 258 Å². The third kappa shape index (κ3) is 5.51. The Morgan fingerprint density at radius 2 is 1.25 bits per heavy atom. The quantitative estimate of drug-likeness (QED) is 0.185. The van der Waals surface area contributed by atoms with E-state index in [1.807, 2.05) is 36.4 Å². The lowest BCUT2D eigenvalue weighted by Crippen LogP contribution is -2.12. The minimum absolute atomic E-state index is 0.0117. The van der Waals surface area contributed by atoms with Crippen LogP contribution in [0.5, 0.6) is 0 Å². The molecule has 6 heteroatoms. The van der Waals surface area contributed by atoms with Crippen LogP contribution >= 0.6 is 0 Å². The zero-order valence-corrected chi connectivity index (χ0v) is 25.5. The van der Waals surface area contributed by atoms with Crippen molar-refractivity contribution in [3.8, 4) is 11.1 Å². The molecular formula is C38H36N4O2. The zero-order chi connectivity index (χ0) is 30.8. The van der Waals surface area contributed by atoms with Gasteiger partial charge in [-0.2, -0.15) is 10.2 Å². The molecule has 6 nitrogen and oxygen atoms in total. The third-order valence-electron chi connectivity index (χ3n) is 8.45. The van der Waals surface area contributed by atoms with Gasteiger partial charge in [0.05, 0.1) is 22.5 Å². The number of hydrogen-bond donors (Lipinski definition) is 1. The second-order valence-corrected chi connectivity index (χ2v) is 11.7. The Hall–Kier alpha value is -5.10. The molecule has 2 aromatic heterocycles. The smallest absolute Gasteiger partial charge is 0.336 e. The molecule has 0 aliphatic carbocycles. The maximum atomic E-state index is 11.8. The van der Waals surface area contributed by atoms with Crippen LogP contribution in [0.25, 0.3) is 22.2 Å². The monoisotopic (exact) mass is 580 g/mol. The third-order valence-corrected chi connectivity index (χ3v) is 8.45. The maximum absolute atomic E-state index is 11.8. The molecule has 220 valence electrons.